The number of allylic oxidation sites excluding steroid dienone is 1. The largest absolute Gasteiger partial charge is 0.490 e. The van der Waals surface area contributed by atoms with Crippen LogP contribution in [0.2, 0.25) is 0 Å². The molecule has 0 aromatic heterocycles. The summed E-state index contributed by atoms with van der Waals surface area (Å²) in [5, 5.41) is 19.8. The molecule has 2 amide bonds. The summed E-state index contributed by atoms with van der Waals surface area (Å²) >= 11 is 3.44. The van der Waals surface area contributed by atoms with Gasteiger partial charge in [-0.2, -0.15) is 5.10 Å². The highest BCUT2D eigenvalue weighted by Gasteiger charge is 2.32. The van der Waals surface area contributed by atoms with E-state index >= 15 is 0 Å². The van der Waals surface area contributed by atoms with Crippen molar-refractivity contribution in [2.24, 2.45) is 5.10 Å². The lowest BCUT2D eigenvalue weighted by Crippen LogP contribution is -2.45. The predicted molar refractivity (Wildman–Crippen MR) is 149 cm³/mol. The quantitative estimate of drug-likeness (QED) is 0.124. The van der Waals surface area contributed by atoms with Gasteiger partial charge >= 0.3 is 12.0 Å². The number of aliphatic hydroxyl groups is 1. The number of esters is 1. The van der Waals surface area contributed by atoms with Crippen molar-refractivity contribution in [2.75, 3.05) is 20.3 Å². The zero-order valence-corrected chi connectivity index (χ0v) is 24.0. The topological polar surface area (TPSA) is 140 Å². The number of hydrogen-bond acceptors (Lipinski definition) is 9. The molecule has 0 saturated carbocycles. The van der Waals surface area contributed by atoms with Gasteiger partial charge in [0.15, 0.2) is 17.7 Å². The average molecular weight is 605 g/mol. The fourth-order valence-corrected chi connectivity index (χ4v) is 4.18. The molecular formula is C27H33BrN4O7. The number of hydrogen-bond donors (Lipinski definition) is 4. The molecule has 210 valence electrons. The first-order valence-electron chi connectivity index (χ1n) is 12.3. The van der Waals surface area contributed by atoms with Crippen molar-refractivity contribution >= 4 is 34.1 Å². The van der Waals surface area contributed by atoms with Crippen LogP contribution in [0.4, 0.5) is 4.79 Å². The number of hydrazone groups is 1. The van der Waals surface area contributed by atoms with Crippen molar-refractivity contribution in [3.63, 3.8) is 0 Å². The maximum atomic E-state index is 12.4. The number of benzene rings is 2. The zero-order valence-electron chi connectivity index (χ0n) is 22.4. The Morgan fingerprint density at radius 1 is 1.18 bits per heavy atom. The van der Waals surface area contributed by atoms with E-state index in [4.69, 9.17) is 18.9 Å². The Kier molecular flexibility index (Phi) is 10.6. The minimum absolute atomic E-state index is 0.00523. The third-order valence-electron chi connectivity index (χ3n) is 5.43. The summed E-state index contributed by atoms with van der Waals surface area (Å²) in [5.41, 5.74) is 4.62. The molecule has 1 heterocycles. The maximum Gasteiger partial charge on any atom is 0.337 e. The van der Waals surface area contributed by atoms with E-state index in [1.807, 2.05) is 39.0 Å². The Bertz CT molecular complexity index is 1250. The van der Waals surface area contributed by atoms with Crippen LogP contribution in [-0.4, -0.2) is 56.0 Å². The van der Waals surface area contributed by atoms with Gasteiger partial charge in [0, 0.05) is 15.7 Å². The Balaban J connectivity index is 1.71. The van der Waals surface area contributed by atoms with Crippen molar-refractivity contribution < 1.29 is 33.6 Å². The molecule has 0 bridgehead atoms. The molecule has 0 unspecified atom stereocenters. The molecule has 12 heteroatoms. The summed E-state index contributed by atoms with van der Waals surface area (Å²) in [5.74, 6) is 0.843. The van der Waals surface area contributed by atoms with Gasteiger partial charge in [0.05, 0.1) is 37.7 Å². The summed E-state index contributed by atoms with van der Waals surface area (Å²) in [4.78, 5) is 24.5. The van der Waals surface area contributed by atoms with Gasteiger partial charge in [0.25, 0.3) is 0 Å². The van der Waals surface area contributed by atoms with Gasteiger partial charge in [-0.25, -0.2) is 9.59 Å². The molecule has 2 aromatic carbocycles. The number of ether oxygens (including phenoxy) is 4. The second-order valence-corrected chi connectivity index (χ2v) is 9.68. The molecule has 39 heavy (non-hydrogen) atoms. The normalized spacial score (nSPS) is 16.0. The first-order chi connectivity index (χ1) is 18.6. The van der Waals surface area contributed by atoms with Crippen molar-refractivity contribution in [3.05, 3.63) is 63.3 Å². The van der Waals surface area contributed by atoms with Gasteiger partial charge in [-0.3, -0.25) is 5.43 Å². The second kappa shape index (κ2) is 13.9. The van der Waals surface area contributed by atoms with E-state index in [9.17, 15) is 14.7 Å². The number of urea groups is 1. The molecule has 11 nitrogen and oxygen atoms in total. The van der Waals surface area contributed by atoms with E-state index in [-0.39, 0.29) is 18.3 Å². The van der Waals surface area contributed by atoms with Gasteiger partial charge in [-0.15, -0.1) is 0 Å². The number of nitrogens with one attached hydrogen (secondary N) is 3. The van der Waals surface area contributed by atoms with Crippen LogP contribution in [0.15, 0.2) is 57.2 Å². The monoisotopic (exact) mass is 604 g/mol. The summed E-state index contributed by atoms with van der Waals surface area (Å²) in [7, 11) is 1.28. The molecule has 0 saturated heterocycles. The number of aliphatic hydroxyl groups excluding tert-OH is 1. The van der Waals surface area contributed by atoms with Crippen molar-refractivity contribution in [1.29, 1.82) is 0 Å². The number of amides is 2. The van der Waals surface area contributed by atoms with Crippen molar-refractivity contribution in [1.82, 2.24) is 16.1 Å². The van der Waals surface area contributed by atoms with Gasteiger partial charge in [-0.05, 0) is 63.6 Å². The van der Waals surface area contributed by atoms with Crippen molar-refractivity contribution in [2.45, 2.75) is 46.1 Å². The van der Waals surface area contributed by atoms with Crippen molar-refractivity contribution in [3.8, 4) is 17.2 Å². The number of halogens is 1. The van der Waals surface area contributed by atoms with Crippen LogP contribution >= 0.6 is 15.9 Å². The highest BCUT2D eigenvalue weighted by Crippen LogP contribution is 2.35. The van der Waals surface area contributed by atoms with E-state index in [2.05, 4.69) is 37.1 Å². The molecule has 0 aliphatic carbocycles. The first-order valence-corrected chi connectivity index (χ1v) is 13.1. The van der Waals surface area contributed by atoms with Gasteiger partial charge < -0.3 is 34.7 Å². The van der Waals surface area contributed by atoms with Crippen LogP contribution in [0, 0.1) is 0 Å². The van der Waals surface area contributed by atoms with Gasteiger partial charge in [0.2, 0.25) is 0 Å². The minimum atomic E-state index is -1.13. The van der Waals surface area contributed by atoms with E-state index in [0.717, 1.165) is 10.0 Å². The van der Waals surface area contributed by atoms with Crippen LogP contribution in [0.25, 0.3) is 0 Å². The van der Waals surface area contributed by atoms with Gasteiger partial charge in [-0.1, -0.05) is 22.0 Å². The molecule has 1 aliphatic rings. The standard InChI is InChI=1S/C27H33BrN4O7/c1-6-37-22-12-17(25-24(26(34)36-5)16(4)30-27(35)31-25)7-9-21(22)38-14-23(33)32-29-13-18-11-19(28)8-10-20(18)39-15(2)3/h7-13,15,23,25,32-33H,6,14H2,1-5H3,(H2,30,31,35)/b29-13+/t23-,25+/m1/s1. The number of nitrogens with zero attached hydrogens (tertiary/aromatic N) is 1. The molecule has 2 atom stereocenters. The second-order valence-electron chi connectivity index (χ2n) is 8.76. The highest BCUT2D eigenvalue weighted by atomic mass is 79.9. The van der Waals surface area contributed by atoms with Crippen LogP contribution in [0.1, 0.15) is 44.9 Å². The lowest BCUT2D eigenvalue weighted by molar-refractivity contribution is -0.136. The molecule has 0 spiro atoms. The zero-order chi connectivity index (χ0) is 28.5. The highest BCUT2D eigenvalue weighted by molar-refractivity contribution is 9.10. The van der Waals surface area contributed by atoms with Crippen LogP contribution in [0.3, 0.4) is 0 Å². The van der Waals surface area contributed by atoms with Crippen LogP contribution < -0.4 is 30.3 Å². The third-order valence-corrected chi connectivity index (χ3v) is 5.93. The number of carbonyl (C=O) groups excluding carboxylic acids is 2. The molecule has 2 aromatic rings. The predicted octanol–water partition coefficient (Wildman–Crippen LogP) is 3.76. The minimum Gasteiger partial charge on any atom is -0.490 e. The fraction of sp³-hybridized carbons (Fsp3) is 0.370. The average Bonchev–Trinajstić information content (AvgIpc) is 2.88. The van der Waals surface area contributed by atoms with E-state index in [0.29, 0.717) is 35.1 Å². The van der Waals surface area contributed by atoms with Gasteiger partial charge in [0.1, 0.15) is 12.4 Å². The Labute approximate surface area is 235 Å². The number of methoxy groups -OCH3 is 1. The van der Waals surface area contributed by atoms with Crippen LogP contribution in [0.5, 0.6) is 17.2 Å². The molecule has 0 radical (unpaired) electrons. The SMILES string of the molecule is CCOc1cc([C@@H]2NC(=O)NC(C)=C2C(=O)OC)ccc1OC[C@@H](O)N/N=C/c1cc(Br)ccc1OC(C)C. The summed E-state index contributed by atoms with van der Waals surface area (Å²) < 4.78 is 23.1. The summed E-state index contributed by atoms with van der Waals surface area (Å²) in [6, 6.07) is 9.40. The number of carbonyl (C=O) groups is 2. The van der Waals surface area contributed by atoms with E-state index < -0.39 is 24.3 Å². The lowest BCUT2D eigenvalue weighted by atomic mass is 9.95. The lowest BCUT2D eigenvalue weighted by Gasteiger charge is -2.28. The number of rotatable bonds is 12. The molecule has 0 fully saturated rings. The Hall–Kier alpha value is -3.77. The molecule has 1 aliphatic heterocycles. The third kappa shape index (κ3) is 8.11. The van der Waals surface area contributed by atoms with E-state index in [1.54, 1.807) is 31.3 Å². The summed E-state index contributed by atoms with van der Waals surface area (Å²) in [6.07, 6.45) is 0.417. The maximum absolute atomic E-state index is 12.4. The van der Waals surface area contributed by atoms with E-state index in [1.165, 1.54) is 7.11 Å². The molecular weight excluding hydrogens is 572 g/mol. The molecule has 3 rings (SSSR count). The van der Waals surface area contributed by atoms with Crippen LogP contribution in [-0.2, 0) is 9.53 Å². The Morgan fingerprint density at radius 2 is 1.92 bits per heavy atom. The summed E-state index contributed by atoms with van der Waals surface area (Å²) in [6.45, 7) is 7.52. The Morgan fingerprint density at radius 3 is 2.62 bits per heavy atom. The smallest absolute Gasteiger partial charge is 0.337 e. The first kappa shape index (κ1) is 29.8. The fourth-order valence-electron chi connectivity index (χ4n) is 3.80. The molecule has 4 N–H and O–H groups in total.